The molecule has 0 aliphatic carbocycles. The molecule has 0 fully saturated rings. The summed E-state index contributed by atoms with van der Waals surface area (Å²) in [6, 6.07) is 2.94. The van der Waals surface area contributed by atoms with Gasteiger partial charge in [0.1, 0.15) is 27.3 Å². The van der Waals surface area contributed by atoms with E-state index in [4.69, 9.17) is 0 Å². The first-order valence-corrected chi connectivity index (χ1v) is 9.27. The van der Waals surface area contributed by atoms with Gasteiger partial charge in [-0.2, -0.15) is 0 Å². The lowest BCUT2D eigenvalue weighted by atomic mass is 10.2. The molecule has 0 aliphatic heterocycles. The van der Waals surface area contributed by atoms with Crippen LogP contribution in [-0.2, 0) is 4.79 Å². The number of carbonyl (C=O) groups excluding carboxylic acids is 1. The van der Waals surface area contributed by atoms with E-state index in [0.29, 0.717) is 5.82 Å². The SMILES string of the molecule is Cc1nc(SCC(=O)Nc2cc(F)ccc2F)c2c(C)c(C)sc2n1. The number of thiophene rings is 1. The first-order valence-electron chi connectivity index (χ1n) is 7.47. The van der Waals surface area contributed by atoms with Crippen molar-refractivity contribution in [2.75, 3.05) is 11.1 Å². The average molecular weight is 379 g/mol. The summed E-state index contributed by atoms with van der Waals surface area (Å²) in [5.74, 6) is -1.04. The molecule has 8 heteroatoms. The highest BCUT2D eigenvalue weighted by atomic mass is 32.2. The van der Waals surface area contributed by atoms with Crippen LogP contribution in [0, 0.1) is 32.4 Å². The zero-order valence-electron chi connectivity index (χ0n) is 13.8. The second-order valence-electron chi connectivity index (χ2n) is 5.50. The standard InChI is InChI=1S/C17H15F2N3OS2/c1-8-9(2)25-17-15(8)16(20-10(3)21-17)24-7-14(23)22-13-6-11(18)4-5-12(13)19/h4-6H,7H2,1-3H3,(H,22,23). The molecule has 0 unspecified atom stereocenters. The Hall–Kier alpha value is -2.06. The zero-order valence-corrected chi connectivity index (χ0v) is 15.4. The van der Waals surface area contributed by atoms with E-state index in [-0.39, 0.29) is 11.4 Å². The largest absolute Gasteiger partial charge is 0.323 e. The number of hydrogen-bond donors (Lipinski definition) is 1. The van der Waals surface area contributed by atoms with Crippen LogP contribution in [0.1, 0.15) is 16.3 Å². The number of nitrogens with one attached hydrogen (secondary N) is 1. The minimum Gasteiger partial charge on any atom is -0.323 e. The summed E-state index contributed by atoms with van der Waals surface area (Å²) in [7, 11) is 0. The summed E-state index contributed by atoms with van der Waals surface area (Å²) in [6.07, 6.45) is 0. The molecule has 2 aromatic heterocycles. The summed E-state index contributed by atoms with van der Waals surface area (Å²) < 4.78 is 26.8. The number of fused-ring (bicyclic) bond motifs is 1. The third kappa shape index (κ3) is 3.80. The molecule has 2 heterocycles. The van der Waals surface area contributed by atoms with Gasteiger partial charge in [0.05, 0.1) is 11.4 Å². The number of aromatic nitrogens is 2. The second-order valence-corrected chi connectivity index (χ2v) is 7.67. The molecule has 0 radical (unpaired) electrons. The lowest BCUT2D eigenvalue weighted by Crippen LogP contribution is -2.15. The van der Waals surface area contributed by atoms with Crippen LogP contribution in [0.3, 0.4) is 0 Å². The van der Waals surface area contributed by atoms with E-state index in [2.05, 4.69) is 15.3 Å². The van der Waals surface area contributed by atoms with Crippen molar-refractivity contribution in [3.8, 4) is 0 Å². The summed E-state index contributed by atoms with van der Waals surface area (Å²) in [6.45, 7) is 5.82. The molecule has 0 aliphatic rings. The van der Waals surface area contributed by atoms with Gasteiger partial charge < -0.3 is 5.32 Å². The number of hydrogen-bond acceptors (Lipinski definition) is 5. The maximum absolute atomic E-state index is 13.6. The van der Waals surface area contributed by atoms with Gasteiger partial charge in [-0.05, 0) is 38.5 Å². The van der Waals surface area contributed by atoms with E-state index in [1.165, 1.54) is 11.8 Å². The number of rotatable bonds is 4. The number of nitrogens with zero attached hydrogens (tertiary/aromatic N) is 2. The van der Waals surface area contributed by atoms with Gasteiger partial charge in [-0.1, -0.05) is 11.8 Å². The van der Waals surface area contributed by atoms with Crippen LogP contribution in [0.4, 0.5) is 14.5 Å². The smallest absolute Gasteiger partial charge is 0.234 e. The third-order valence-corrected chi connectivity index (χ3v) is 5.73. The van der Waals surface area contributed by atoms with E-state index in [1.807, 2.05) is 13.8 Å². The Bertz CT molecular complexity index is 972. The molecule has 130 valence electrons. The van der Waals surface area contributed by atoms with Gasteiger partial charge in [-0.25, -0.2) is 18.7 Å². The topological polar surface area (TPSA) is 54.9 Å². The van der Waals surface area contributed by atoms with Crippen molar-refractivity contribution in [3.63, 3.8) is 0 Å². The fourth-order valence-corrected chi connectivity index (χ4v) is 4.40. The van der Waals surface area contributed by atoms with Crippen LogP contribution in [0.5, 0.6) is 0 Å². The Balaban J connectivity index is 1.78. The van der Waals surface area contributed by atoms with Gasteiger partial charge in [0.2, 0.25) is 5.91 Å². The number of anilines is 1. The van der Waals surface area contributed by atoms with Gasteiger partial charge in [0.15, 0.2) is 0 Å². The Labute approximate surface area is 151 Å². The van der Waals surface area contributed by atoms with E-state index < -0.39 is 17.5 Å². The van der Waals surface area contributed by atoms with E-state index >= 15 is 0 Å². The van der Waals surface area contributed by atoms with Crippen molar-refractivity contribution in [2.45, 2.75) is 25.8 Å². The Kier molecular flexibility index (Phi) is 5.01. The van der Waals surface area contributed by atoms with Gasteiger partial charge in [0, 0.05) is 16.3 Å². The van der Waals surface area contributed by atoms with Crippen molar-refractivity contribution in [3.05, 3.63) is 46.1 Å². The Morgan fingerprint density at radius 3 is 2.76 bits per heavy atom. The maximum Gasteiger partial charge on any atom is 0.234 e. The predicted octanol–water partition coefficient (Wildman–Crippen LogP) is 4.63. The molecule has 25 heavy (non-hydrogen) atoms. The zero-order chi connectivity index (χ0) is 18.1. The van der Waals surface area contributed by atoms with Crippen molar-refractivity contribution in [1.82, 2.24) is 9.97 Å². The molecule has 1 aromatic carbocycles. The number of halogens is 2. The highest BCUT2D eigenvalue weighted by Gasteiger charge is 2.16. The molecule has 1 amide bonds. The fraction of sp³-hybridized carbons (Fsp3) is 0.235. The number of thioether (sulfide) groups is 1. The minimum atomic E-state index is -0.677. The quantitative estimate of drug-likeness (QED) is 0.531. The minimum absolute atomic E-state index is 0.0375. The molecule has 1 N–H and O–H groups in total. The lowest BCUT2D eigenvalue weighted by Gasteiger charge is -2.07. The van der Waals surface area contributed by atoms with Crippen molar-refractivity contribution >= 4 is 44.9 Å². The van der Waals surface area contributed by atoms with Crippen LogP contribution < -0.4 is 5.32 Å². The lowest BCUT2D eigenvalue weighted by molar-refractivity contribution is -0.113. The maximum atomic E-state index is 13.6. The van der Waals surface area contributed by atoms with Gasteiger partial charge >= 0.3 is 0 Å². The molecule has 4 nitrogen and oxygen atoms in total. The highest BCUT2D eigenvalue weighted by Crippen LogP contribution is 2.35. The van der Waals surface area contributed by atoms with Gasteiger partial charge in [-0.3, -0.25) is 4.79 Å². The number of aryl methyl sites for hydroxylation is 3. The second kappa shape index (κ2) is 7.05. The molecule has 0 bridgehead atoms. The molecule has 0 saturated carbocycles. The van der Waals surface area contributed by atoms with E-state index in [9.17, 15) is 13.6 Å². The van der Waals surface area contributed by atoms with E-state index in [1.54, 1.807) is 18.3 Å². The molecular weight excluding hydrogens is 364 g/mol. The third-order valence-electron chi connectivity index (χ3n) is 3.65. The Morgan fingerprint density at radius 1 is 1.24 bits per heavy atom. The molecule has 0 saturated heterocycles. The van der Waals surface area contributed by atoms with Crippen LogP contribution in [0.25, 0.3) is 10.2 Å². The predicted molar refractivity (Wildman–Crippen MR) is 97.3 cm³/mol. The number of benzene rings is 1. The first-order chi connectivity index (χ1) is 11.8. The van der Waals surface area contributed by atoms with Crippen LogP contribution in [0.2, 0.25) is 0 Å². The van der Waals surface area contributed by atoms with Gasteiger partial charge in [-0.15, -0.1) is 11.3 Å². The average Bonchev–Trinajstić information content (AvgIpc) is 2.83. The van der Waals surface area contributed by atoms with Gasteiger partial charge in [0.25, 0.3) is 0 Å². The molecular formula is C17H15F2N3OS2. The van der Waals surface area contributed by atoms with E-state index in [0.717, 1.165) is 43.9 Å². The summed E-state index contributed by atoms with van der Waals surface area (Å²) in [5.41, 5.74) is 0.927. The molecule has 3 rings (SSSR count). The number of carbonyl (C=O) groups is 1. The Morgan fingerprint density at radius 2 is 2.00 bits per heavy atom. The van der Waals surface area contributed by atoms with Crippen molar-refractivity contribution in [1.29, 1.82) is 0 Å². The molecule has 3 aromatic rings. The number of amides is 1. The highest BCUT2D eigenvalue weighted by molar-refractivity contribution is 8.00. The summed E-state index contributed by atoms with van der Waals surface area (Å²) >= 11 is 2.85. The monoisotopic (exact) mass is 379 g/mol. The normalized spacial score (nSPS) is 11.1. The van der Waals surface area contributed by atoms with Crippen molar-refractivity contribution < 1.29 is 13.6 Å². The first kappa shape index (κ1) is 17.8. The van der Waals surface area contributed by atoms with Crippen LogP contribution >= 0.6 is 23.1 Å². The van der Waals surface area contributed by atoms with Crippen molar-refractivity contribution in [2.24, 2.45) is 0 Å². The van der Waals surface area contributed by atoms with Crippen LogP contribution in [0.15, 0.2) is 23.2 Å². The van der Waals surface area contributed by atoms with Crippen LogP contribution in [-0.4, -0.2) is 21.6 Å². The fourth-order valence-electron chi connectivity index (χ4n) is 2.33. The summed E-state index contributed by atoms with van der Waals surface area (Å²) in [4.78, 5) is 23.0. The summed E-state index contributed by atoms with van der Waals surface area (Å²) in [5, 5.41) is 4.06. The molecule has 0 spiro atoms. The molecule has 0 atom stereocenters.